The summed E-state index contributed by atoms with van der Waals surface area (Å²) in [6.07, 6.45) is 10.1. The fourth-order valence-corrected chi connectivity index (χ4v) is 5.71. The molecule has 0 heterocycles. The fourth-order valence-electron chi connectivity index (χ4n) is 2.55. The number of unbranched alkanes of at least 4 members (excludes halogenated alkanes) is 4. The Labute approximate surface area is 150 Å². The highest BCUT2D eigenvalue weighted by atomic mass is 32.2. The maximum absolute atomic E-state index is 11.9. The van der Waals surface area contributed by atoms with Crippen LogP contribution in [-0.4, -0.2) is 33.4 Å². The van der Waals surface area contributed by atoms with Crippen LogP contribution in [0.4, 0.5) is 0 Å². The summed E-state index contributed by atoms with van der Waals surface area (Å²) in [5.41, 5.74) is 0.495. The molecular formula is C18H37O3SSi. The summed E-state index contributed by atoms with van der Waals surface area (Å²) in [5.74, 6) is 0.909. The standard InChI is InChI=1S/C18H37O3SSi/c1-5-9-10-11-12-14-18(19)22-16-15-17(13-6-2)23(20-7-3)21-8-4/h17H,5-16H2,1-4H3. The number of rotatable bonds is 16. The average molecular weight is 362 g/mol. The highest BCUT2D eigenvalue weighted by Gasteiger charge is 2.27. The van der Waals surface area contributed by atoms with E-state index in [9.17, 15) is 4.79 Å². The Bertz CT molecular complexity index is 271. The smallest absolute Gasteiger partial charge is 0.388 e. The molecule has 0 fully saturated rings. The van der Waals surface area contributed by atoms with Gasteiger partial charge in [-0.1, -0.05) is 57.7 Å². The number of hydrogen-bond acceptors (Lipinski definition) is 4. The van der Waals surface area contributed by atoms with E-state index in [0.29, 0.717) is 10.7 Å². The summed E-state index contributed by atoms with van der Waals surface area (Å²) < 4.78 is 11.7. The summed E-state index contributed by atoms with van der Waals surface area (Å²) in [5, 5.41) is 0.360. The van der Waals surface area contributed by atoms with Gasteiger partial charge in [0.25, 0.3) is 0 Å². The zero-order valence-electron chi connectivity index (χ0n) is 15.7. The third kappa shape index (κ3) is 13.2. The molecule has 5 heteroatoms. The van der Waals surface area contributed by atoms with Crippen molar-refractivity contribution in [3.63, 3.8) is 0 Å². The summed E-state index contributed by atoms with van der Waals surface area (Å²) in [7, 11) is -1.20. The second-order valence-electron chi connectivity index (χ2n) is 5.84. The van der Waals surface area contributed by atoms with E-state index in [0.717, 1.165) is 51.1 Å². The van der Waals surface area contributed by atoms with Crippen molar-refractivity contribution in [1.82, 2.24) is 0 Å². The van der Waals surface area contributed by atoms with Gasteiger partial charge in [0.05, 0.1) is 0 Å². The minimum Gasteiger partial charge on any atom is -0.393 e. The lowest BCUT2D eigenvalue weighted by Crippen LogP contribution is -2.29. The quantitative estimate of drug-likeness (QED) is 0.260. The van der Waals surface area contributed by atoms with Crippen molar-refractivity contribution in [2.75, 3.05) is 19.0 Å². The van der Waals surface area contributed by atoms with Crippen molar-refractivity contribution < 1.29 is 13.6 Å². The Morgan fingerprint density at radius 1 is 0.913 bits per heavy atom. The molecule has 0 aliphatic rings. The van der Waals surface area contributed by atoms with Gasteiger partial charge in [0.2, 0.25) is 0 Å². The van der Waals surface area contributed by atoms with Crippen LogP contribution >= 0.6 is 11.8 Å². The molecule has 3 nitrogen and oxygen atoms in total. The molecular weight excluding hydrogens is 324 g/mol. The van der Waals surface area contributed by atoms with Gasteiger partial charge in [0.15, 0.2) is 5.12 Å². The predicted molar refractivity (Wildman–Crippen MR) is 103 cm³/mol. The molecule has 0 saturated heterocycles. The zero-order chi connectivity index (χ0) is 17.3. The van der Waals surface area contributed by atoms with Crippen molar-refractivity contribution in [3.05, 3.63) is 0 Å². The van der Waals surface area contributed by atoms with Crippen LogP contribution in [0, 0.1) is 0 Å². The van der Waals surface area contributed by atoms with E-state index < -0.39 is 9.28 Å². The third-order valence-electron chi connectivity index (χ3n) is 3.76. The summed E-state index contributed by atoms with van der Waals surface area (Å²) >= 11 is 1.51. The molecule has 1 atom stereocenters. The van der Waals surface area contributed by atoms with E-state index in [-0.39, 0.29) is 0 Å². The van der Waals surface area contributed by atoms with E-state index in [2.05, 4.69) is 13.8 Å². The predicted octanol–water partition coefficient (Wildman–Crippen LogP) is 5.73. The van der Waals surface area contributed by atoms with Gasteiger partial charge in [0, 0.05) is 30.9 Å². The highest BCUT2D eigenvalue weighted by molar-refractivity contribution is 8.13. The second-order valence-corrected chi connectivity index (χ2v) is 9.03. The zero-order valence-corrected chi connectivity index (χ0v) is 17.5. The Morgan fingerprint density at radius 3 is 2.13 bits per heavy atom. The minimum atomic E-state index is -1.20. The van der Waals surface area contributed by atoms with E-state index in [1.165, 1.54) is 37.4 Å². The number of carbonyl (C=O) groups excluding carboxylic acids is 1. The molecule has 0 aromatic rings. The largest absolute Gasteiger partial charge is 0.393 e. The van der Waals surface area contributed by atoms with E-state index >= 15 is 0 Å². The van der Waals surface area contributed by atoms with Crippen molar-refractivity contribution in [1.29, 1.82) is 0 Å². The molecule has 0 bridgehead atoms. The topological polar surface area (TPSA) is 35.5 Å². The van der Waals surface area contributed by atoms with Gasteiger partial charge in [-0.2, -0.15) is 0 Å². The van der Waals surface area contributed by atoms with Gasteiger partial charge in [-0.25, -0.2) is 0 Å². The van der Waals surface area contributed by atoms with Gasteiger partial charge in [-0.05, 0) is 33.1 Å². The molecule has 0 spiro atoms. The maximum Gasteiger partial charge on any atom is 0.388 e. The molecule has 0 aromatic carbocycles. The molecule has 0 aliphatic heterocycles. The van der Waals surface area contributed by atoms with Crippen LogP contribution in [0.5, 0.6) is 0 Å². The molecule has 0 aliphatic carbocycles. The number of carbonyl (C=O) groups is 1. The minimum absolute atomic E-state index is 0.360. The van der Waals surface area contributed by atoms with Crippen LogP contribution in [0.3, 0.4) is 0 Å². The first-order valence-electron chi connectivity index (χ1n) is 9.47. The normalized spacial score (nSPS) is 12.7. The van der Waals surface area contributed by atoms with Gasteiger partial charge in [-0.3, -0.25) is 4.79 Å². The molecule has 0 aromatic heterocycles. The lowest BCUT2D eigenvalue weighted by molar-refractivity contribution is -0.111. The Kier molecular flexibility index (Phi) is 17.1. The van der Waals surface area contributed by atoms with Crippen LogP contribution in [0.2, 0.25) is 5.54 Å². The molecule has 0 N–H and O–H groups in total. The van der Waals surface area contributed by atoms with Crippen LogP contribution in [0.15, 0.2) is 0 Å². The van der Waals surface area contributed by atoms with Crippen molar-refractivity contribution >= 4 is 26.2 Å². The lowest BCUT2D eigenvalue weighted by atomic mass is 10.1. The van der Waals surface area contributed by atoms with Crippen molar-refractivity contribution in [2.45, 2.75) is 91.0 Å². The molecule has 137 valence electrons. The van der Waals surface area contributed by atoms with E-state index in [4.69, 9.17) is 8.85 Å². The third-order valence-corrected chi connectivity index (χ3v) is 7.11. The molecule has 0 rings (SSSR count). The van der Waals surface area contributed by atoms with E-state index in [1.807, 2.05) is 13.8 Å². The molecule has 1 radical (unpaired) electrons. The summed E-state index contributed by atoms with van der Waals surface area (Å²) in [4.78, 5) is 11.9. The van der Waals surface area contributed by atoms with Gasteiger partial charge in [0.1, 0.15) is 0 Å². The van der Waals surface area contributed by atoms with Crippen molar-refractivity contribution in [3.8, 4) is 0 Å². The van der Waals surface area contributed by atoms with E-state index in [1.54, 1.807) is 0 Å². The Hall–Kier alpha value is 0.157. The van der Waals surface area contributed by atoms with Crippen LogP contribution in [-0.2, 0) is 13.6 Å². The van der Waals surface area contributed by atoms with Crippen LogP contribution in [0.25, 0.3) is 0 Å². The number of hydrogen-bond donors (Lipinski definition) is 0. The maximum atomic E-state index is 11.9. The SMILES string of the molecule is CCCCCCCC(=O)SCCC(CCC)[Si](OCC)OCC. The van der Waals surface area contributed by atoms with Crippen LogP contribution in [0.1, 0.15) is 85.5 Å². The average Bonchev–Trinajstić information content (AvgIpc) is 2.53. The first kappa shape index (κ1) is 23.2. The van der Waals surface area contributed by atoms with Crippen LogP contribution < -0.4 is 0 Å². The lowest BCUT2D eigenvalue weighted by Gasteiger charge is -2.22. The Balaban J connectivity index is 3.98. The monoisotopic (exact) mass is 361 g/mol. The second kappa shape index (κ2) is 17.0. The molecule has 1 unspecified atom stereocenters. The molecule has 23 heavy (non-hydrogen) atoms. The number of thioether (sulfide) groups is 1. The first-order valence-corrected chi connectivity index (χ1v) is 11.8. The van der Waals surface area contributed by atoms with Crippen molar-refractivity contribution in [2.24, 2.45) is 0 Å². The van der Waals surface area contributed by atoms with Gasteiger partial charge < -0.3 is 8.85 Å². The first-order chi connectivity index (χ1) is 11.2. The van der Waals surface area contributed by atoms with Gasteiger partial charge in [-0.15, -0.1) is 0 Å². The molecule has 0 amide bonds. The molecule has 0 saturated carbocycles. The van der Waals surface area contributed by atoms with Gasteiger partial charge >= 0.3 is 9.28 Å². The summed E-state index contributed by atoms with van der Waals surface area (Å²) in [6, 6.07) is 0. The highest BCUT2D eigenvalue weighted by Crippen LogP contribution is 2.26. The fraction of sp³-hybridized carbons (Fsp3) is 0.944. The summed E-state index contributed by atoms with van der Waals surface area (Å²) in [6.45, 7) is 9.93. The Morgan fingerprint density at radius 2 is 1.57 bits per heavy atom.